The minimum absolute atomic E-state index is 0.363. The predicted octanol–water partition coefficient (Wildman–Crippen LogP) is 2.98. The summed E-state index contributed by atoms with van der Waals surface area (Å²) >= 11 is 0. The summed E-state index contributed by atoms with van der Waals surface area (Å²) in [5.41, 5.74) is 7.82. The van der Waals surface area contributed by atoms with Crippen LogP contribution in [0, 0.1) is 5.92 Å². The Hall–Kier alpha value is -0.870. The molecule has 1 aromatic rings. The van der Waals surface area contributed by atoms with Gasteiger partial charge >= 0.3 is 0 Å². The molecule has 0 saturated heterocycles. The quantitative estimate of drug-likeness (QED) is 0.908. The van der Waals surface area contributed by atoms with Crippen LogP contribution in [0.5, 0.6) is 5.75 Å². The molecular weight excluding hydrogens is 270 g/mol. The molecule has 0 heterocycles. The van der Waals surface area contributed by atoms with Crippen LogP contribution in [0.25, 0.3) is 0 Å². The molecule has 4 heteroatoms. The molecule has 2 rings (SSSR count). The van der Waals surface area contributed by atoms with Crippen molar-refractivity contribution in [1.82, 2.24) is 0 Å². The van der Waals surface area contributed by atoms with Crippen LogP contribution in [0.1, 0.15) is 43.7 Å². The van der Waals surface area contributed by atoms with Crippen molar-refractivity contribution in [1.29, 1.82) is 0 Å². The van der Waals surface area contributed by atoms with Gasteiger partial charge in [-0.05, 0) is 36.5 Å². The lowest BCUT2D eigenvalue weighted by atomic mass is 9.91. The smallest absolute Gasteiger partial charge is 0.123 e. The Kier molecular flexibility index (Phi) is 5.61. The number of benzene rings is 1. The Morgan fingerprint density at radius 1 is 1.40 bits per heavy atom. The molecule has 1 fully saturated rings. The molecule has 2 N–H and O–H groups in total. The topological polar surface area (TPSA) is 52.3 Å². The first kappa shape index (κ1) is 15.5. The van der Waals surface area contributed by atoms with Crippen molar-refractivity contribution in [3.05, 3.63) is 29.3 Å². The number of hydrogen-bond acceptors (Lipinski definition) is 3. The normalized spacial score (nSPS) is 24.4. The third-order valence-corrected chi connectivity index (χ3v) is 5.92. The highest BCUT2D eigenvalue weighted by atomic mass is 32.2. The lowest BCUT2D eigenvalue weighted by Gasteiger charge is -2.26. The maximum absolute atomic E-state index is 12.5. The van der Waals surface area contributed by atoms with Gasteiger partial charge in [-0.2, -0.15) is 0 Å². The third kappa shape index (κ3) is 3.83. The minimum Gasteiger partial charge on any atom is -0.496 e. The van der Waals surface area contributed by atoms with E-state index in [9.17, 15) is 4.21 Å². The summed E-state index contributed by atoms with van der Waals surface area (Å²) in [6.07, 6.45) is 4.71. The highest BCUT2D eigenvalue weighted by Gasteiger charge is 2.24. The van der Waals surface area contributed by atoms with Crippen molar-refractivity contribution in [2.45, 2.75) is 50.2 Å². The lowest BCUT2D eigenvalue weighted by molar-refractivity contribution is 0.389. The SMILES string of the molecule is COc1ccc(CS(=O)C2CCCC(C)C2)cc1CN. The van der Waals surface area contributed by atoms with Gasteiger partial charge in [0.2, 0.25) is 0 Å². The zero-order valence-electron chi connectivity index (χ0n) is 12.4. The van der Waals surface area contributed by atoms with Crippen molar-refractivity contribution in [2.75, 3.05) is 7.11 Å². The summed E-state index contributed by atoms with van der Waals surface area (Å²) in [6, 6.07) is 5.96. The molecule has 1 aliphatic carbocycles. The summed E-state index contributed by atoms with van der Waals surface area (Å²) in [4.78, 5) is 0. The molecule has 112 valence electrons. The van der Waals surface area contributed by atoms with Crippen LogP contribution in [-0.2, 0) is 23.1 Å². The molecule has 1 aliphatic rings. The van der Waals surface area contributed by atoms with E-state index in [0.29, 0.717) is 23.5 Å². The van der Waals surface area contributed by atoms with Crippen molar-refractivity contribution >= 4 is 10.8 Å². The summed E-state index contributed by atoms with van der Waals surface area (Å²) in [5.74, 6) is 2.16. The first-order chi connectivity index (χ1) is 9.63. The van der Waals surface area contributed by atoms with E-state index >= 15 is 0 Å². The Balaban J connectivity index is 2.03. The standard InChI is InChI=1S/C16H25NO2S/c1-12-4-3-5-15(8-12)20(18)11-13-6-7-16(19-2)14(9-13)10-17/h6-7,9,12,15H,3-5,8,10-11,17H2,1-2H3. The molecule has 3 unspecified atom stereocenters. The molecule has 0 radical (unpaired) electrons. The molecule has 0 spiro atoms. The fourth-order valence-electron chi connectivity index (χ4n) is 2.98. The first-order valence-electron chi connectivity index (χ1n) is 7.37. The lowest BCUT2D eigenvalue weighted by Crippen LogP contribution is -2.24. The summed E-state index contributed by atoms with van der Waals surface area (Å²) in [5, 5.41) is 0.363. The van der Waals surface area contributed by atoms with Gasteiger partial charge in [-0.15, -0.1) is 0 Å². The fraction of sp³-hybridized carbons (Fsp3) is 0.625. The van der Waals surface area contributed by atoms with Crippen molar-refractivity contribution in [3.8, 4) is 5.75 Å². The third-order valence-electron chi connectivity index (χ3n) is 4.13. The largest absolute Gasteiger partial charge is 0.496 e. The second kappa shape index (κ2) is 7.23. The number of methoxy groups -OCH3 is 1. The van der Waals surface area contributed by atoms with Crippen molar-refractivity contribution in [2.24, 2.45) is 11.7 Å². The molecule has 0 aromatic heterocycles. The van der Waals surface area contributed by atoms with E-state index in [-0.39, 0.29) is 0 Å². The van der Waals surface area contributed by atoms with E-state index in [2.05, 4.69) is 6.92 Å². The second-order valence-electron chi connectivity index (χ2n) is 5.77. The van der Waals surface area contributed by atoms with Crippen LogP contribution in [0.15, 0.2) is 18.2 Å². The highest BCUT2D eigenvalue weighted by Crippen LogP contribution is 2.29. The van der Waals surface area contributed by atoms with Gasteiger partial charge < -0.3 is 10.5 Å². The van der Waals surface area contributed by atoms with Gasteiger partial charge in [0.1, 0.15) is 5.75 Å². The van der Waals surface area contributed by atoms with Gasteiger partial charge in [0.25, 0.3) is 0 Å². The second-order valence-corrected chi connectivity index (χ2v) is 7.49. The van der Waals surface area contributed by atoms with Gasteiger partial charge in [0.15, 0.2) is 0 Å². The van der Waals surface area contributed by atoms with Crippen LogP contribution < -0.4 is 10.5 Å². The molecule has 20 heavy (non-hydrogen) atoms. The van der Waals surface area contributed by atoms with Gasteiger partial charge in [-0.25, -0.2) is 0 Å². The first-order valence-corrected chi connectivity index (χ1v) is 8.75. The van der Waals surface area contributed by atoms with Gasteiger partial charge in [0, 0.05) is 33.9 Å². The van der Waals surface area contributed by atoms with E-state index in [1.165, 1.54) is 12.8 Å². The zero-order chi connectivity index (χ0) is 14.5. The van der Waals surface area contributed by atoms with E-state index in [0.717, 1.165) is 29.7 Å². The monoisotopic (exact) mass is 295 g/mol. The Bertz CT molecular complexity index is 476. The molecule has 3 atom stereocenters. The predicted molar refractivity (Wildman–Crippen MR) is 84.2 cm³/mol. The molecule has 1 aromatic carbocycles. The molecule has 0 amide bonds. The van der Waals surface area contributed by atoms with Crippen molar-refractivity contribution < 1.29 is 8.95 Å². The van der Waals surface area contributed by atoms with Crippen LogP contribution in [0.2, 0.25) is 0 Å². The summed E-state index contributed by atoms with van der Waals surface area (Å²) < 4.78 is 17.8. The van der Waals surface area contributed by atoms with Gasteiger partial charge in [-0.3, -0.25) is 4.21 Å². The molecule has 3 nitrogen and oxygen atoms in total. The van der Waals surface area contributed by atoms with Gasteiger partial charge in [-0.1, -0.05) is 25.8 Å². The highest BCUT2D eigenvalue weighted by molar-refractivity contribution is 7.84. The number of hydrogen-bond donors (Lipinski definition) is 1. The molecular formula is C16H25NO2S. The fourth-order valence-corrected chi connectivity index (χ4v) is 4.70. The minimum atomic E-state index is -0.779. The maximum atomic E-state index is 12.5. The Labute approximate surface area is 124 Å². The summed E-state index contributed by atoms with van der Waals surface area (Å²) in [6.45, 7) is 2.72. The van der Waals surface area contributed by atoms with Crippen LogP contribution >= 0.6 is 0 Å². The average molecular weight is 295 g/mol. The number of ether oxygens (including phenoxy) is 1. The van der Waals surface area contributed by atoms with E-state index in [4.69, 9.17) is 10.5 Å². The molecule has 1 saturated carbocycles. The van der Waals surface area contributed by atoms with Crippen LogP contribution in [0.3, 0.4) is 0 Å². The molecule has 0 aliphatic heterocycles. The average Bonchev–Trinajstić information content (AvgIpc) is 2.47. The van der Waals surface area contributed by atoms with Crippen LogP contribution in [0.4, 0.5) is 0 Å². The number of nitrogens with two attached hydrogens (primary N) is 1. The summed E-state index contributed by atoms with van der Waals surface area (Å²) in [7, 11) is 0.870. The van der Waals surface area contributed by atoms with Gasteiger partial charge in [0.05, 0.1) is 7.11 Å². The van der Waals surface area contributed by atoms with E-state index < -0.39 is 10.8 Å². The maximum Gasteiger partial charge on any atom is 0.123 e. The van der Waals surface area contributed by atoms with E-state index in [1.54, 1.807) is 7.11 Å². The van der Waals surface area contributed by atoms with Crippen LogP contribution in [-0.4, -0.2) is 16.6 Å². The number of rotatable bonds is 5. The van der Waals surface area contributed by atoms with Crippen molar-refractivity contribution in [3.63, 3.8) is 0 Å². The van der Waals surface area contributed by atoms with E-state index in [1.807, 2.05) is 18.2 Å². The Morgan fingerprint density at radius 2 is 2.20 bits per heavy atom. The Morgan fingerprint density at radius 3 is 2.85 bits per heavy atom. The molecule has 0 bridgehead atoms. The zero-order valence-corrected chi connectivity index (χ0v) is 13.2.